The maximum atomic E-state index is 3.98. The van der Waals surface area contributed by atoms with Crippen molar-refractivity contribution in [3.8, 4) is 0 Å². The molecule has 0 bridgehead atoms. The maximum Gasteiger partial charge on any atom is 0.0380 e. The van der Waals surface area contributed by atoms with Crippen molar-refractivity contribution in [1.82, 2.24) is 5.32 Å². The molecule has 0 aromatic heterocycles. The third-order valence-electron chi connectivity index (χ3n) is 6.15. The molecule has 2 aliphatic carbocycles. The molecule has 0 amide bonds. The largest absolute Gasteiger partial charge is 0.306 e. The Kier molecular flexibility index (Phi) is 2.52. The molecule has 2 aliphatic rings. The van der Waals surface area contributed by atoms with Crippen LogP contribution in [0.3, 0.4) is 0 Å². The predicted octanol–water partition coefficient (Wildman–Crippen LogP) is 4.33. The molecule has 1 nitrogen and oxygen atoms in total. The number of hydrogen-bond acceptors (Lipinski definition) is 1. The number of fused-ring (bicyclic) bond motifs is 1. The van der Waals surface area contributed by atoms with Gasteiger partial charge in [0.1, 0.15) is 0 Å². The fourth-order valence-electron chi connectivity index (χ4n) is 4.09. The van der Waals surface area contributed by atoms with Gasteiger partial charge < -0.3 is 5.32 Å². The molecule has 1 saturated carbocycles. The molecule has 1 N–H and O–H groups in total. The molecular formula is C18H27N. The van der Waals surface area contributed by atoms with Gasteiger partial charge in [-0.05, 0) is 33.8 Å². The minimum absolute atomic E-state index is 0.318. The van der Waals surface area contributed by atoms with Gasteiger partial charge in [-0.1, -0.05) is 65.8 Å². The van der Waals surface area contributed by atoms with Crippen LogP contribution in [0.25, 0.3) is 0 Å². The van der Waals surface area contributed by atoms with E-state index >= 15 is 0 Å². The third-order valence-corrected chi connectivity index (χ3v) is 6.15. The van der Waals surface area contributed by atoms with E-state index in [2.05, 4.69) is 71.1 Å². The minimum Gasteiger partial charge on any atom is -0.306 e. The number of benzene rings is 1. The van der Waals surface area contributed by atoms with Gasteiger partial charge in [0.2, 0.25) is 0 Å². The lowest BCUT2D eigenvalue weighted by molar-refractivity contribution is 0.257. The highest BCUT2D eigenvalue weighted by Crippen LogP contribution is 2.64. The lowest BCUT2D eigenvalue weighted by Crippen LogP contribution is -2.35. The maximum absolute atomic E-state index is 3.98. The molecule has 19 heavy (non-hydrogen) atoms. The van der Waals surface area contributed by atoms with E-state index in [1.165, 1.54) is 17.5 Å². The number of nitrogens with one attached hydrogen (secondary N) is 1. The average molecular weight is 257 g/mol. The smallest absolute Gasteiger partial charge is 0.0380 e. The molecule has 0 spiro atoms. The second-order valence-electron chi connectivity index (χ2n) is 8.34. The Labute approximate surface area is 117 Å². The first kappa shape index (κ1) is 13.2. The monoisotopic (exact) mass is 257 g/mol. The van der Waals surface area contributed by atoms with Crippen molar-refractivity contribution in [1.29, 1.82) is 0 Å². The summed E-state index contributed by atoms with van der Waals surface area (Å²) in [6.07, 6.45) is 1.19. The van der Waals surface area contributed by atoms with E-state index in [0.717, 1.165) is 0 Å². The van der Waals surface area contributed by atoms with Gasteiger partial charge in [0.05, 0.1) is 0 Å². The molecule has 1 unspecified atom stereocenters. The molecule has 1 fully saturated rings. The van der Waals surface area contributed by atoms with Crippen molar-refractivity contribution in [2.24, 2.45) is 16.2 Å². The van der Waals surface area contributed by atoms with Gasteiger partial charge in [0.15, 0.2) is 0 Å². The standard InChI is InChI=1S/C18H27N/c1-16(2)11-12-9-7-8-10-13(12)14(16)19-15-17(3,4)18(15,5)6/h7-10,14-15,19H,11H2,1-6H3. The summed E-state index contributed by atoms with van der Waals surface area (Å²) in [5.74, 6) is 0. The molecule has 1 atom stereocenters. The van der Waals surface area contributed by atoms with E-state index < -0.39 is 0 Å². The summed E-state index contributed by atoms with van der Waals surface area (Å²) in [5, 5.41) is 3.98. The van der Waals surface area contributed by atoms with Crippen molar-refractivity contribution in [2.45, 2.75) is 60.0 Å². The Morgan fingerprint density at radius 1 is 0.947 bits per heavy atom. The highest BCUT2D eigenvalue weighted by atomic mass is 15.1. The normalized spacial score (nSPS) is 30.1. The lowest BCUT2D eigenvalue weighted by atomic mass is 9.85. The zero-order valence-electron chi connectivity index (χ0n) is 13.2. The summed E-state index contributed by atoms with van der Waals surface area (Å²) in [5.41, 5.74) is 4.17. The third kappa shape index (κ3) is 1.71. The number of hydrogen-bond donors (Lipinski definition) is 1. The molecule has 1 aromatic rings. The Hall–Kier alpha value is -0.820. The molecule has 0 aliphatic heterocycles. The molecule has 3 rings (SSSR count). The zero-order chi connectivity index (χ0) is 14.1. The Bertz CT molecular complexity index is 496. The van der Waals surface area contributed by atoms with Crippen molar-refractivity contribution in [3.63, 3.8) is 0 Å². The van der Waals surface area contributed by atoms with Crippen LogP contribution in [0, 0.1) is 16.2 Å². The van der Waals surface area contributed by atoms with Crippen molar-refractivity contribution >= 4 is 0 Å². The summed E-state index contributed by atoms with van der Waals surface area (Å²) in [4.78, 5) is 0. The summed E-state index contributed by atoms with van der Waals surface area (Å²) < 4.78 is 0. The highest BCUT2D eigenvalue weighted by Gasteiger charge is 2.65. The van der Waals surface area contributed by atoms with Crippen LogP contribution in [-0.2, 0) is 6.42 Å². The summed E-state index contributed by atoms with van der Waals surface area (Å²) in [7, 11) is 0. The van der Waals surface area contributed by atoms with Crippen LogP contribution in [0.15, 0.2) is 24.3 Å². The van der Waals surface area contributed by atoms with Crippen LogP contribution in [-0.4, -0.2) is 6.04 Å². The van der Waals surface area contributed by atoms with E-state index in [9.17, 15) is 0 Å². The Morgan fingerprint density at radius 2 is 1.53 bits per heavy atom. The first-order valence-electron chi connectivity index (χ1n) is 7.52. The van der Waals surface area contributed by atoms with E-state index in [1.54, 1.807) is 0 Å². The predicted molar refractivity (Wildman–Crippen MR) is 81.2 cm³/mol. The van der Waals surface area contributed by atoms with Crippen molar-refractivity contribution in [3.05, 3.63) is 35.4 Å². The molecular weight excluding hydrogens is 230 g/mol. The Balaban J connectivity index is 1.89. The molecule has 0 radical (unpaired) electrons. The van der Waals surface area contributed by atoms with Crippen LogP contribution in [0.1, 0.15) is 58.7 Å². The summed E-state index contributed by atoms with van der Waals surface area (Å²) in [6.45, 7) is 14.3. The van der Waals surface area contributed by atoms with Crippen LogP contribution in [0.2, 0.25) is 0 Å². The number of rotatable bonds is 2. The van der Waals surface area contributed by atoms with Crippen LogP contribution >= 0.6 is 0 Å². The fourth-order valence-corrected chi connectivity index (χ4v) is 4.09. The van der Waals surface area contributed by atoms with Crippen LogP contribution in [0.5, 0.6) is 0 Å². The molecule has 104 valence electrons. The SMILES string of the molecule is CC1(C)Cc2ccccc2C1NC1C(C)(C)C1(C)C. The van der Waals surface area contributed by atoms with E-state index in [1.807, 2.05) is 0 Å². The first-order valence-corrected chi connectivity index (χ1v) is 7.52. The Morgan fingerprint density at radius 3 is 2.11 bits per heavy atom. The van der Waals surface area contributed by atoms with Gasteiger partial charge in [-0.25, -0.2) is 0 Å². The molecule has 0 saturated heterocycles. The second-order valence-corrected chi connectivity index (χ2v) is 8.34. The quantitative estimate of drug-likeness (QED) is 0.831. The minimum atomic E-state index is 0.318. The topological polar surface area (TPSA) is 12.0 Å². The fraction of sp³-hybridized carbons (Fsp3) is 0.667. The van der Waals surface area contributed by atoms with E-state index in [4.69, 9.17) is 0 Å². The van der Waals surface area contributed by atoms with Gasteiger partial charge in [-0.15, -0.1) is 0 Å². The summed E-state index contributed by atoms with van der Waals surface area (Å²) in [6, 6.07) is 10.1. The molecule has 1 heteroatoms. The van der Waals surface area contributed by atoms with Gasteiger partial charge in [-0.3, -0.25) is 0 Å². The van der Waals surface area contributed by atoms with Gasteiger partial charge in [0.25, 0.3) is 0 Å². The van der Waals surface area contributed by atoms with Crippen LogP contribution in [0.4, 0.5) is 0 Å². The van der Waals surface area contributed by atoms with Gasteiger partial charge in [0, 0.05) is 12.1 Å². The molecule has 0 heterocycles. The average Bonchev–Trinajstić information content (AvgIpc) is 2.57. The first-order chi connectivity index (χ1) is 8.68. The van der Waals surface area contributed by atoms with Crippen LogP contribution < -0.4 is 5.32 Å². The van der Waals surface area contributed by atoms with Crippen molar-refractivity contribution < 1.29 is 0 Å². The van der Waals surface area contributed by atoms with E-state index in [0.29, 0.717) is 28.3 Å². The lowest BCUT2D eigenvalue weighted by Gasteiger charge is -2.29. The highest BCUT2D eigenvalue weighted by molar-refractivity contribution is 5.38. The second kappa shape index (κ2) is 3.63. The van der Waals surface area contributed by atoms with Crippen molar-refractivity contribution in [2.75, 3.05) is 0 Å². The van der Waals surface area contributed by atoms with Gasteiger partial charge >= 0.3 is 0 Å². The van der Waals surface area contributed by atoms with Gasteiger partial charge in [-0.2, -0.15) is 0 Å². The zero-order valence-corrected chi connectivity index (χ0v) is 13.2. The van der Waals surface area contributed by atoms with E-state index in [-0.39, 0.29) is 0 Å². The summed E-state index contributed by atoms with van der Waals surface area (Å²) >= 11 is 0. The molecule has 1 aromatic carbocycles.